The molecule has 5 aromatic rings. The Labute approximate surface area is 189 Å². The molecule has 0 N–H and O–H groups in total. The molecule has 0 spiro atoms. The fraction of sp³-hybridized carbons (Fsp3) is 0.0667. The van der Waals surface area contributed by atoms with Crippen LogP contribution in [0.3, 0.4) is 0 Å². The lowest BCUT2D eigenvalue weighted by molar-refractivity contribution is -0.576. The monoisotopic (exact) mass is 413 g/mol. The maximum Gasteiger partial charge on any atom is 0.328 e. The molecule has 3 aromatic carbocycles. The van der Waals surface area contributed by atoms with Crippen LogP contribution in [0.5, 0.6) is 0 Å². The highest BCUT2D eigenvalue weighted by Gasteiger charge is 2.23. The van der Waals surface area contributed by atoms with E-state index in [-0.39, 0.29) is 0 Å². The first-order chi connectivity index (χ1) is 15.8. The molecule has 0 atom stereocenters. The summed E-state index contributed by atoms with van der Waals surface area (Å²) in [6, 6.07) is 42.5. The minimum atomic E-state index is 0.901. The molecule has 0 bridgehead atoms. The SMILES string of the molecule is CCc1cccc(-[n+]2c(-c3ccccc3)cc(-c3ccccc3)cc2-c2ccccc2)n1. The predicted octanol–water partition coefficient (Wildman–Crippen LogP) is 6.92. The van der Waals surface area contributed by atoms with Crippen LogP contribution < -0.4 is 4.57 Å². The van der Waals surface area contributed by atoms with Gasteiger partial charge in [-0.05, 0) is 40.4 Å². The van der Waals surface area contributed by atoms with Crippen molar-refractivity contribution in [3.63, 3.8) is 0 Å². The molecule has 154 valence electrons. The number of aromatic nitrogens is 2. The molecular formula is C30H25N2+. The zero-order valence-electron chi connectivity index (χ0n) is 18.1. The van der Waals surface area contributed by atoms with E-state index in [9.17, 15) is 0 Å². The molecule has 0 radical (unpaired) electrons. The summed E-state index contributed by atoms with van der Waals surface area (Å²) >= 11 is 0. The molecule has 2 aromatic heterocycles. The third-order valence-electron chi connectivity index (χ3n) is 5.70. The fourth-order valence-electron chi connectivity index (χ4n) is 4.07. The van der Waals surface area contributed by atoms with Crippen LogP contribution in [0.2, 0.25) is 0 Å². The van der Waals surface area contributed by atoms with E-state index in [1.54, 1.807) is 0 Å². The van der Waals surface area contributed by atoms with Crippen molar-refractivity contribution in [1.29, 1.82) is 0 Å². The maximum absolute atomic E-state index is 5.00. The van der Waals surface area contributed by atoms with Gasteiger partial charge in [-0.1, -0.05) is 97.9 Å². The van der Waals surface area contributed by atoms with Crippen LogP contribution >= 0.6 is 0 Å². The number of pyridine rings is 2. The summed E-state index contributed by atoms with van der Waals surface area (Å²) in [4.78, 5) is 5.00. The van der Waals surface area contributed by atoms with Crippen molar-refractivity contribution in [2.75, 3.05) is 0 Å². The standard InChI is InChI=1S/C30H25N2/c1-2-27-19-12-20-30(31-27)32-28(24-15-8-4-9-16-24)21-26(23-13-6-3-7-14-23)22-29(32)25-17-10-5-11-18-25/h3-22H,2H2,1H3/q+1. The number of benzene rings is 3. The zero-order valence-corrected chi connectivity index (χ0v) is 18.1. The Morgan fingerprint density at radius 3 is 1.53 bits per heavy atom. The molecule has 0 aliphatic carbocycles. The smallest absolute Gasteiger partial charge is 0.188 e. The van der Waals surface area contributed by atoms with Crippen molar-refractivity contribution in [2.24, 2.45) is 0 Å². The van der Waals surface area contributed by atoms with E-state index in [4.69, 9.17) is 4.98 Å². The molecule has 0 amide bonds. The lowest BCUT2D eigenvalue weighted by Crippen LogP contribution is -2.37. The van der Waals surface area contributed by atoms with Gasteiger partial charge in [-0.3, -0.25) is 0 Å². The molecule has 0 fully saturated rings. The van der Waals surface area contributed by atoms with Crippen molar-refractivity contribution >= 4 is 0 Å². The highest BCUT2D eigenvalue weighted by Crippen LogP contribution is 2.30. The first-order valence-electron chi connectivity index (χ1n) is 11.1. The van der Waals surface area contributed by atoms with Gasteiger partial charge in [-0.15, -0.1) is 0 Å². The molecule has 0 saturated carbocycles. The maximum atomic E-state index is 5.00. The van der Waals surface area contributed by atoms with Crippen LogP contribution in [0.4, 0.5) is 0 Å². The number of nitrogens with zero attached hydrogens (tertiary/aromatic N) is 2. The Kier molecular flexibility index (Phi) is 5.59. The first kappa shape index (κ1) is 19.9. The van der Waals surface area contributed by atoms with Crippen LogP contribution in [0, 0.1) is 0 Å². The van der Waals surface area contributed by atoms with Gasteiger partial charge in [0, 0.05) is 23.6 Å². The van der Waals surface area contributed by atoms with E-state index >= 15 is 0 Å². The summed E-state index contributed by atoms with van der Waals surface area (Å²) in [7, 11) is 0. The Balaban J connectivity index is 1.87. The quantitative estimate of drug-likeness (QED) is 0.286. The van der Waals surface area contributed by atoms with E-state index in [0.717, 1.165) is 40.4 Å². The van der Waals surface area contributed by atoms with Crippen molar-refractivity contribution < 1.29 is 4.57 Å². The second-order valence-corrected chi connectivity index (χ2v) is 7.79. The van der Waals surface area contributed by atoms with Gasteiger partial charge in [0.05, 0.1) is 0 Å². The highest BCUT2D eigenvalue weighted by molar-refractivity contribution is 5.74. The third kappa shape index (κ3) is 3.95. The molecular weight excluding hydrogens is 388 g/mol. The second kappa shape index (κ2) is 8.99. The van der Waals surface area contributed by atoms with Crippen molar-refractivity contribution in [1.82, 2.24) is 4.98 Å². The van der Waals surface area contributed by atoms with Gasteiger partial charge in [0.15, 0.2) is 5.69 Å². The average Bonchev–Trinajstić information content (AvgIpc) is 2.89. The van der Waals surface area contributed by atoms with Crippen molar-refractivity contribution in [2.45, 2.75) is 13.3 Å². The first-order valence-corrected chi connectivity index (χ1v) is 11.1. The Bertz CT molecular complexity index is 1270. The van der Waals surface area contributed by atoms with Crippen LogP contribution in [0.1, 0.15) is 12.6 Å². The summed E-state index contributed by atoms with van der Waals surface area (Å²) in [6.45, 7) is 2.14. The van der Waals surface area contributed by atoms with Crippen LogP contribution in [-0.2, 0) is 6.42 Å². The lowest BCUT2D eigenvalue weighted by Gasteiger charge is -2.15. The van der Waals surface area contributed by atoms with Crippen LogP contribution in [0.15, 0.2) is 121 Å². The number of hydrogen-bond acceptors (Lipinski definition) is 1. The second-order valence-electron chi connectivity index (χ2n) is 7.79. The van der Waals surface area contributed by atoms with Gasteiger partial charge in [-0.2, -0.15) is 4.57 Å². The largest absolute Gasteiger partial charge is 0.328 e. The molecule has 2 heterocycles. The lowest BCUT2D eigenvalue weighted by atomic mass is 9.99. The molecule has 5 rings (SSSR count). The van der Waals surface area contributed by atoms with E-state index < -0.39 is 0 Å². The summed E-state index contributed by atoms with van der Waals surface area (Å²) in [5.74, 6) is 0.932. The van der Waals surface area contributed by atoms with E-state index in [2.05, 4.69) is 133 Å². The molecule has 32 heavy (non-hydrogen) atoms. The van der Waals surface area contributed by atoms with Gasteiger partial charge >= 0.3 is 5.82 Å². The van der Waals surface area contributed by atoms with Gasteiger partial charge in [0.1, 0.15) is 11.4 Å². The van der Waals surface area contributed by atoms with E-state index in [1.165, 1.54) is 11.1 Å². The number of hydrogen-bond donors (Lipinski definition) is 0. The molecule has 2 nitrogen and oxygen atoms in total. The summed E-state index contributed by atoms with van der Waals surface area (Å²) < 4.78 is 2.29. The van der Waals surface area contributed by atoms with Gasteiger partial charge < -0.3 is 0 Å². The molecule has 0 aliphatic rings. The summed E-state index contributed by atoms with van der Waals surface area (Å²) in [5, 5.41) is 0. The third-order valence-corrected chi connectivity index (χ3v) is 5.70. The van der Waals surface area contributed by atoms with Crippen molar-refractivity contribution in [3.05, 3.63) is 127 Å². The normalized spacial score (nSPS) is 10.8. The minimum absolute atomic E-state index is 0.901. The zero-order chi connectivity index (χ0) is 21.8. The summed E-state index contributed by atoms with van der Waals surface area (Å²) in [6.07, 6.45) is 0.901. The van der Waals surface area contributed by atoms with Gasteiger partial charge in [-0.25, -0.2) is 0 Å². The Morgan fingerprint density at radius 1 is 0.531 bits per heavy atom. The molecule has 2 heteroatoms. The average molecular weight is 414 g/mol. The van der Waals surface area contributed by atoms with Crippen LogP contribution in [-0.4, -0.2) is 4.98 Å². The Hall–Kier alpha value is -4.04. The molecule has 0 aliphatic heterocycles. The van der Waals surface area contributed by atoms with Crippen LogP contribution in [0.25, 0.3) is 39.5 Å². The van der Waals surface area contributed by atoms with Gasteiger partial charge in [0.2, 0.25) is 0 Å². The van der Waals surface area contributed by atoms with E-state index in [0.29, 0.717) is 0 Å². The number of aryl methyl sites for hydroxylation is 1. The van der Waals surface area contributed by atoms with Gasteiger partial charge in [0.25, 0.3) is 0 Å². The Morgan fingerprint density at radius 2 is 1.03 bits per heavy atom. The summed E-state index contributed by atoms with van der Waals surface area (Å²) in [5.41, 5.74) is 8.02. The molecule has 0 unspecified atom stereocenters. The highest BCUT2D eigenvalue weighted by atomic mass is 15.1. The predicted molar refractivity (Wildman–Crippen MR) is 131 cm³/mol. The minimum Gasteiger partial charge on any atom is -0.188 e. The molecule has 0 saturated heterocycles. The topological polar surface area (TPSA) is 16.8 Å². The van der Waals surface area contributed by atoms with E-state index in [1.807, 2.05) is 0 Å². The number of rotatable bonds is 5. The fourth-order valence-corrected chi connectivity index (χ4v) is 4.07. The van der Waals surface area contributed by atoms with Crippen molar-refractivity contribution in [3.8, 4) is 39.5 Å².